The van der Waals surface area contributed by atoms with Gasteiger partial charge in [-0.25, -0.2) is 5.43 Å². The van der Waals surface area contributed by atoms with Gasteiger partial charge in [0, 0.05) is 6.07 Å². The number of nitro groups is 2. The van der Waals surface area contributed by atoms with E-state index in [1.54, 1.807) is 23.6 Å². The van der Waals surface area contributed by atoms with Gasteiger partial charge < -0.3 is 9.47 Å². The summed E-state index contributed by atoms with van der Waals surface area (Å²) in [6, 6.07) is 9.59. The molecule has 0 aliphatic heterocycles. The summed E-state index contributed by atoms with van der Waals surface area (Å²) in [6.07, 6.45) is 1.39. The van der Waals surface area contributed by atoms with E-state index in [2.05, 4.69) is 26.5 Å². The number of nitro benzene ring substituents is 2. The normalized spacial score (nSPS) is 10.7. The maximum atomic E-state index is 11.9. The third-order valence-electron chi connectivity index (χ3n) is 3.94. The average Bonchev–Trinajstić information content (AvgIpc) is 3.30. The van der Waals surface area contributed by atoms with Gasteiger partial charge in [0.15, 0.2) is 11.5 Å². The van der Waals surface area contributed by atoms with E-state index < -0.39 is 21.2 Å². The van der Waals surface area contributed by atoms with E-state index in [9.17, 15) is 25.0 Å². The first kappa shape index (κ1) is 22.8. The van der Waals surface area contributed by atoms with Gasteiger partial charge in [-0.2, -0.15) is 5.10 Å². The summed E-state index contributed by atoms with van der Waals surface area (Å²) >= 11 is 4.60. The van der Waals surface area contributed by atoms with E-state index in [4.69, 9.17) is 9.47 Å². The Kier molecular flexibility index (Phi) is 7.12. The second-order valence-electron chi connectivity index (χ2n) is 5.98. The fraction of sp³-hybridized carbons (Fsp3) is 0.0526. The third-order valence-corrected chi connectivity index (χ3v) is 5.40. The average molecular weight is 521 g/mol. The molecule has 3 aromatic rings. The molecule has 0 bridgehead atoms. The van der Waals surface area contributed by atoms with Gasteiger partial charge in [-0.3, -0.25) is 25.0 Å². The number of rotatable bonds is 8. The highest BCUT2D eigenvalue weighted by Gasteiger charge is 2.23. The summed E-state index contributed by atoms with van der Waals surface area (Å²) in [5.74, 6) is -0.237. The van der Waals surface area contributed by atoms with Gasteiger partial charge in [-0.05, 0) is 51.1 Å². The van der Waals surface area contributed by atoms with Gasteiger partial charge in [-0.1, -0.05) is 6.07 Å². The Morgan fingerprint density at radius 1 is 1.16 bits per heavy atom. The molecule has 0 saturated carbocycles. The van der Waals surface area contributed by atoms with Crippen molar-refractivity contribution in [3.63, 3.8) is 0 Å². The van der Waals surface area contributed by atoms with Crippen LogP contribution in [0.2, 0.25) is 0 Å². The molecule has 2 aromatic carbocycles. The molecule has 0 aliphatic rings. The number of nitrogens with one attached hydrogen (secondary N) is 1. The number of halogens is 1. The Hall–Kier alpha value is -3.84. The first-order chi connectivity index (χ1) is 15.3. The monoisotopic (exact) mass is 520 g/mol. The fourth-order valence-corrected chi connectivity index (χ4v) is 3.65. The van der Waals surface area contributed by atoms with Crippen molar-refractivity contribution in [2.75, 3.05) is 7.11 Å². The minimum atomic E-state index is -0.778. The largest absolute Gasteiger partial charge is 0.493 e. The maximum absolute atomic E-state index is 11.9. The van der Waals surface area contributed by atoms with Gasteiger partial charge in [0.2, 0.25) is 5.75 Å². The molecule has 3 rings (SSSR count). The SMILES string of the molecule is COc1cc(C=NNC(=O)c2cccs2)cc(Br)c1Oc1ccc([N+](=O)[O-])cc1[N+](=O)[O-]. The molecule has 1 amide bonds. The van der Waals surface area contributed by atoms with Crippen LogP contribution in [0.4, 0.5) is 11.4 Å². The Bertz CT molecular complexity index is 1210. The molecule has 1 aromatic heterocycles. The molecule has 1 N–H and O–H groups in total. The minimum absolute atomic E-state index is 0.115. The summed E-state index contributed by atoms with van der Waals surface area (Å²) in [5, 5.41) is 27.9. The smallest absolute Gasteiger partial charge is 0.318 e. The van der Waals surface area contributed by atoms with Gasteiger partial charge in [0.05, 0.1) is 38.6 Å². The van der Waals surface area contributed by atoms with E-state index >= 15 is 0 Å². The molecular weight excluding hydrogens is 508 g/mol. The van der Waals surface area contributed by atoms with E-state index in [1.165, 1.54) is 30.7 Å². The highest BCUT2D eigenvalue weighted by Crippen LogP contribution is 2.42. The van der Waals surface area contributed by atoms with Crippen LogP contribution in [0.1, 0.15) is 15.2 Å². The number of carbonyl (C=O) groups is 1. The second-order valence-corrected chi connectivity index (χ2v) is 7.78. The number of carbonyl (C=O) groups excluding carboxylic acids is 1. The Morgan fingerprint density at radius 2 is 1.94 bits per heavy atom. The molecule has 11 nitrogen and oxygen atoms in total. The van der Waals surface area contributed by atoms with Gasteiger partial charge in [0.25, 0.3) is 11.6 Å². The molecule has 164 valence electrons. The third kappa shape index (κ3) is 5.25. The molecule has 0 atom stereocenters. The number of amides is 1. The number of thiophene rings is 1. The first-order valence-corrected chi connectivity index (χ1v) is 10.3. The highest BCUT2D eigenvalue weighted by atomic mass is 79.9. The Morgan fingerprint density at radius 3 is 2.56 bits per heavy atom. The molecule has 0 fully saturated rings. The number of non-ortho nitro benzene ring substituents is 1. The van der Waals surface area contributed by atoms with Crippen LogP contribution in [0.3, 0.4) is 0 Å². The number of nitrogens with zero attached hydrogens (tertiary/aromatic N) is 3. The zero-order chi connectivity index (χ0) is 23.3. The number of hydrogen-bond donors (Lipinski definition) is 1. The van der Waals surface area contributed by atoms with Crippen LogP contribution in [0.15, 0.2) is 57.4 Å². The summed E-state index contributed by atoms with van der Waals surface area (Å²) in [6.45, 7) is 0. The summed E-state index contributed by atoms with van der Waals surface area (Å²) in [7, 11) is 1.37. The molecule has 0 radical (unpaired) electrons. The van der Waals surface area contributed by atoms with Crippen LogP contribution >= 0.6 is 27.3 Å². The molecule has 32 heavy (non-hydrogen) atoms. The lowest BCUT2D eigenvalue weighted by Crippen LogP contribution is -2.16. The molecule has 0 unspecified atom stereocenters. The highest BCUT2D eigenvalue weighted by molar-refractivity contribution is 9.10. The van der Waals surface area contributed by atoms with Crippen molar-refractivity contribution < 1.29 is 24.1 Å². The van der Waals surface area contributed by atoms with E-state index in [0.717, 1.165) is 18.2 Å². The predicted molar refractivity (Wildman–Crippen MR) is 120 cm³/mol. The standard InChI is InChI=1S/C19H13BrN4O7S/c1-30-16-8-11(10-21-22-19(25)17-3-2-6-32-17)7-13(20)18(16)31-15-5-4-12(23(26)27)9-14(15)24(28)29/h2-10H,1H3,(H,22,25). The number of benzene rings is 2. The van der Waals surface area contributed by atoms with Gasteiger partial charge in [0.1, 0.15) is 0 Å². The predicted octanol–water partition coefficient (Wildman–Crippen LogP) is 4.89. The van der Waals surface area contributed by atoms with Crippen molar-refractivity contribution in [2.24, 2.45) is 5.10 Å². The van der Waals surface area contributed by atoms with Crippen LogP contribution in [0.5, 0.6) is 17.2 Å². The van der Waals surface area contributed by atoms with Crippen LogP contribution in [-0.4, -0.2) is 29.1 Å². The summed E-state index contributed by atoms with van der Waals surface area (Å²) in [5.41, 5.74) is 1.92. The summed E-state index contributed by atoms with van der Waals surface area (Å²) < 4.78 is 11.3. The first-order valence-electron chi connectivity index (χ1n) is 8.65. The lowest BCUT2D eigenvalue weighted by molar-refractivity contribution is -0.394. The topological polar surface area (TPSA) is 146 Å². The molecular formula is C19H13BrN4O7S. The van der Waals surface area contributed by atoms with Crippen molar-refractivity contribution in [3.8, 4) is 17.2 Å². The van der Waals surface area contributed by atoms with Crippen molar-refractivity contribution in [1.82, 2.24) is 5.43 Å². The fourth-order valence-electron chi connectivity index (χ4n) is 2.50. The van der Waals surface area contributed by atoms with Crippen LogP contribution in [0.25, 0.3) is 0 Å². The lowest BCUT2D eigenvalue weighted by Gasteiger charge is -2.13. The van der Waals surface area contributed by atoms with E-state index in [0.29, 0.717) is 14.9 Å². The maximum Gasteiger partial charge on any atom is 0.318 e. The van der Waals surface area contributed by atoms with Crippen molar-refractivity contribution in [2.45, 2.75) is 0 Å². The quantitative estimate of drug-likeness (QED) is 0.252. The van der Waals surface area contributed by atoms with E-state index in [-0.39, 0.29) is 23.2 Å². The Labute approximate surface area is 192 Å². The summed E-state index contributed by atoms with van der Waals surface area (Å²) in [4.78, 5) is 33.2. The molecule has 0 aliphatic carbocycles. The number of hydrogen-bond acceptors (Lipinski definition) is 9. The van der Waals surface area contributed by atoms with Crippen molar-refractivity contribution >= 4 is 50.8 Å². The molecule has 0 saturated heterocycles. The van der Waals surface area contributed by atoms with Crippen molar-refractivity contribution in [1.29, 1.82) is 0 Å². The van der Waals surface area contributed by atoms with Gasteiger partial charge >= 0.3 is 5.69 Å². The molecule has 13 heteroatoms. The molecule has 0 spiro atoms. The van der Waals surface area contributed by atoms with E-state index in [1.807, 2.05) is 0 Å². The number of ether oxygens (including phenoxy) is 2. The number of hydrazone groups is 1. The minimum Gasteiger partial charge on any atom is -0.493 e. The van der Waals surface area contributed by atoms with Gasteiger partial charge in [-0.15, -0.1) is 11.3 Å². The Balaban J connectivity index is 1.86. The van der Waals surface area contributed by atoms with Crippen LogP contribution in [0, 0.1) is 20.2 Å². The number of methoxy groups -OCH3 is 1. The zero-order valence-corrected chi connectivity index (χ0v) is 18.6. The lowest BCUT2D eigenvalue weighted by atomic mass is 10.2. The second kappa shape index (κ2) is 9.98. The molecule has 1 heterocycles. The van der Waals surface area contributed by atoms with Crippen molar-refractivity contribution in [3.05, 3.63) is 83.0 Å². The zero-order valence-electron chi connectivity index (χ0n) is 16.2. The van der Waals surface area contributed by atoms with Crippen LogP contribution in [-0.2, 0) is 0 Å². The van der Waals surface area contributed by atoms with Crippen LogP contribution < -0.4 is 14.9 Å².